The summed E-state index contributed by atoms with van der Waals surface area (Å²) < 4.78 is 2.03. The molecule has 0 aliphatic rings. The molecule has 0 amide bonds. The molecular formula is C15H23N3O. The molecule has 0 spiro atoms. The third-order valence-corrected chi connectivity index (χ3v) is 3.77. The Labute approximate surface area is 114 Å². The molecule has 2 aromatic rings. The molecule has 0 fully saturated rings. The molecule has 2 atom stereocenters. The smallest absolute Gasteiger partial charge is 0.0841 e. The van der Waals surface area contributed by atoms with Crippen LogP contribution in [0.25, 0.3) is 10.9 Å². The van der Waals surface area contributed by atoms with Crippen molar-refractivity contribution >= 4 is 10.9 Å². The van der Waals surface area contributed by atoms with Gasteiger partial charge in [-0.25, -0.2) is 0 Å². The first-order chi connectivity index (χ1) is 9.17. The van der Waals surface area contributed by atoms with Crippen LogP contribution in [0, 0.1) is 5.92 Å². The van der Waals surface area contributed by atoms with Crippen LogP contribution in [0.5, 0.6) is 0 Å². The average molecular weight is 261 g/mol. The van der Waals surface area contributed by atoms with Crippen molar-refractivity contribution in [1.82, 2.24) is 15.1 Å². The van der Waals surface area contributed by atoms with Gasteiger partial charge in [0.15, 0.2) is 0 Å². The van der Waals surface area contributed by atoms with Gasteiger partial charge in [0, 0.05) is 31.1 Å². The van der Waals surface area contributed by atoms with Gasteiger partial charge in [0.2, 0.25) is 0 Å². The van der Waals surface area contributed by atoms with Gasteiger partial charge in [-0.1, -0.05) is 25.1 Å². The van der Waals surface area contributed by atoms with Gasteiger partial charge in [-0.2, -0.15) is 5.10 Å². The number of aliphatic hydroxyl groups is 1. The summed E-state index contributed by atoms with van der Waals surface area (Å²) in [4.78, 5) is 0. The van der Waals surface area contributed by atoms with E-state index in [2.05, 4.69) is 36.4 Å². The van der Waals surface area contributed by atoms with E-state index in [-0.39, 0.29) is 18.6 Å². The topological polar surface area (TPSA) is 50.1 Å². The van der Waals surface area contributed by atoms with Crippen molar-refractivity contribution in [2.45, 2.75) is 39.9 Å². The second-order valence-corrected chi connectivity index (χ2v) is 5.11. The number of para-hydroxylation sites is 1. The number of benzene rings is 1. The summed E-state index contributed by atoms with van der Waals surface area (Å²) in [7, 11) is 0. The largest absolute Gasteiger partial charge is 0.396 e. The first-order valence-corrected chi connectivity index (χ1v) is 6.96. The molecule has 0 saturated heterocycles. The molecule has 1 aromatic carbocycles. The van der Waals surface area contributed by atoms with Gasteiger partial charge in [0.1, 0.15) is 0 Å². The van der Waals surface area contributed by atoms with E-state index in [0.29, 0.717) is 0 Å². The summed E-state index contributed by atoms with van der Waals surface area (Å²) in [6.07, 6.45) is 0. The predicted molar refractivity (Wildman–Crippen MR) is 78.0 cm³/mol. The molecule has 0 aliphatic heterocycles. The zero-order valence-electron chi connectivity index (χ0n) is 11.9. The zero-order chi connectivity index (χ0) is 13.8. The minimum atomic E-state index is 0.207. The van der Waals surface area contributed by atoms with Gasteiger partial charge >= 0.3 is 0 Å². The van der Waals surface area contributed by atoms with Crippen LogP contribution >= 0.6 is 0 Å². The lowest BCUT2D eigenvalue weighted by molar-refractivity contribution is 0.207. The maximum atomic E-state index is 9.16. The normalized spacial score (nSPS) is 14.7. The molecule has 0 radical (unpaired) electrons. The Balaban J connectivity index is 2.17. The molecule has 4 heteroatoms. The predicted octanol–water partition coefficient (Wildman–Crippen LogP) is 2.16. The highest BCUT2D eigenvalue weighted by atomic mass is 16.3. The van der Waals surface area contributed by atoms with Gasteiger partial charge in [0.05, 0.1) is 11.2 Å². The number of fused-ring (bicyclic) bond motifs is 1. The Morgan fingerprint density at radius 3 is 2.74 bits per heavy atom. The number of nitrogens with one attached hydrogen (secondary N) is 1. The molecule has 2 N–H and O–H groups in total. The van der Waals surface area contributed by atoms with Crippen molar-refractivity contribution in [1.29, 1.82) is 0 Å². The van der Waals surface area contributed by atoms with E-state index in [0.717, 1.165) is 18.8 Å². The van der Waals surface area contributed by atoms with E-state index in [1.54, 1.807) is 0 Å². The molecule has 0 aliphatic carbocycles. The molecule has 2 rings (SSSR count). The van der Waals surface area contributed by atoms with E-state index in [1.807, 2.05) is 23.7 Å². The fraction of sp³-hybridized carbons (Fsp3) is 0.533. The summed E-state index contributed by atoms with van der Waals surface area (Å²) in [6.45, 7) is 8.06. The fourth-order valence-corrected chi connectivity index (χ4v) is 2.18. The lowest BCUT2D eigenvalue weighted by atomic mass is 10.1. The van der Waals surface area contributed by atoms with Gasteiger partial charge in [-0.15, -0.1) is 0 Å². The van der Waals surface area contributed by atoms with E-state index in [1.165, 1.54) is 10.9 Å². The second-order valence-electron chi connectivity index (χ2n) is 5.11. The van der Waals surface area contributed by atoms with Crippen molar-refractivity contribution in [2.75, 3.05) is 6.61 Å². The SMILES string of the molecule is CCn1nc(CNC(C)C(C)CO)c2ccccc21. The highest BCUT2D eigenvalue weighted by Gasteiger charge is 2.13. The van der Waals surface area contributed by atoms with Crippen molar-refractivity contribution in [2.24, 2.45) is 5.92 Å². The third kappa shape index (κ3) is 2.96. The molecule has 0 saturated carbocycles. The summed E-state index contributed by atoms with van der Waals surface area (Å²) in [6, 6.07) is 8.59. The number of hydrogen-bond acceptors (Lipinski definition) is 3. The monoisotopic (exact) mass is 261 g/mol. The molecule has 1 aromatic heterocycles. The molecule has 104 valence electrons. The lowest BCUT2D eigenvalue weighted by Crippen LogP contribution is -2.33. The summed E-state index contributed by atoms with van der Waals surface area (Å²) in [5.74, 6) is 0.250. The van der Waals surface area contributed by atoms with Gasteiger partial charge in [-0.3, -0.25) is 4.68 Å². The first-order valence-electron chi connectivity index (χ1n) is 6.96. The van der Waals surface area contributed by atoms with E-state index >= 15 is 0 Å². The van der Waals surface area contributed by atoms with Crippen molar-refractivity contribution in [3.63, 3.8) is 0 Å². The van der Waals surface area contributed by atoms with Crippen LogP contribution in [0.3, 0.4) is 0 Å². The van der Waals surface area contributed by atoms with Crippen LogP contribution in [0.2, 0.25) is 0 Å². The Morgan fingerprint density at radius 1 is 1.32 bits per heavy atom. The van der Waals surface area contributed by atoms with Gasteiger partial charge < -0.3 is 10.4 Å². The minimum Gasteiger partial charge on any atom is -0.396 e. The van der Waals surface area contributed by atoms with Crippen LogP contribution in [-0.4, -0.2) is 27.5 Å². The van der Waals surface area contributed by atoms with Crippen LogP contribution < -0.4 is 5.32 Å². The van der Waals surface area contributed by atoms with E-state index in [4.69, 9.17) is 5.11 Å². The fourth-order valence-electron chi connectivity index (χ4n) is 2.18. The van der Waals surface area contributed by atoms with Crippen LogP contribution in [0.4, 0.5) is 0 Å². The average Bonchev–Trinajstić information content (AvgIpc) is 2.82. The molecule has 4 nitrogen and oxygen atoms in total. The lowest BCUT2D eigenvalue weighted by Gasteiger charge is -2.18. The second kappa shape index (κ2) is 6.17. The molecule has 2 unspecified atom stereocenters. The number of aliphatic hydroxyl groups excluding tert-OH is 1. The highest BCUT2D eigenvalue weighted by molar-refractivity contribution is 5.81. The molecule has 0 bridgehead atoms. The quantitative estimate of drug-likeness (QED) is 0.838. The zero-order valence-corrected chi connectivity index (χ0v) is 11.9. The number of rotatable bonds is 6. The Bertz CT molecular complexity index is 535. The van der Waals surface area contributed by atoms with Crippen molar-refractivity contribution in [3.05, 3.63) is 30.0 Å². The van der Waals surface area contributed by atoms with Gasteiger partial charge in [0.25, 0.3) is 0 Å². The standard InChI is InChI=1S/C15H23N3O/c1-4-18-15-8-6-5-7-13(15)14(17-18)9-16-12(3)11(2)10-19/h5-8,11-12,16,19H,4,9-10H2,1-3H3. The molecule has 1 heterocycles. The number of hydrogen-bond donors (Lipinski definition) is 2. The van der Waals surface area contributed by atoms with Crippen molar-refractivity contribution < 1.29 is 5.11 Å². The third-order valence-electron chi connectivity index (χ3n) is 3.77. The van der Waals surface area contributed by atoms with Gasteiger partial charge in [-0.05, 0) is 25.8 Å². The maximum absolute atomic E-state index is 9.16. The summed E-state index contributed by atoms with van der Waals surface area (Å²) >= 11 is 0. The van der Waals surface area contributed by atoms with E-state index in [9.17, 15) is 0 Å². The Kier molecular flexibility index (Phi) is 4.56. The Hall–Kier alpha value is -1.39. The minimum absolute atomic E-state index is 0.207. The molecular weight excluding hydrogens is 238 g/mol. The number of aromatic nitrogens is 2. The van der Waals surface area contributed by atoms with E-state index < -0.39 is 0 Å². The van der Waals surface area contributed by atoms with Crippen LogP contribution in [0.15, 0.2) is 24.3 Å². The first kappa shape index (κ1) is 14.0. The number of nitrogens with zero attached hydrogens (tertiary/aromatic N) is 2. The molecule has 19 heavy (non-hydrogen) atoms. The van der Waals surface area contributed by atoms with Crippen LogP contribution in [-0.2, 0) is 13.1 Å². The Morgan fingerprint density at radius 2 is 2.05 bits per heavy atom. The highest BCUT2D eigenvalue weighted by Crippen LogP contribution is 2.18. The van der Waals surface area contributed by atoms with Crippen molar-refractivity contribution in [3.8, 4) is 0 Å². The summed E-state index contributed by atoms with van der Waals surface area (Å²) in [5.41, 5.74) is 2.26. The van der Waals surface area contributed by atoms with Crippen LogP contribution in [0.1, 0.15) is 26.5 Å². The number of aryl methyl sites for hydroxylation is 1. The summed E-state index contributed by atoms with van der Waals surface area (Å²) in [5, 5.41) is 18.5. The maximum Gasteiger partial charge on any atom is 0.0841 e.